The van der Waals surface area contributed by atoms with Crippen LogP contribution >= 0.6 is 15.9 Å². The minimum atomic E-state index is 0.773. The molecule has 3 aromatic rings. The summed E-state index contributed by atoms with van der Waals surface area (Å²) in [7, 11) is 0. The lowest BCUT2D eigenvalue weighted by atomic mass is 9.96. The quantitative estimate of drug-likeness (QED) is 0.689. The molecule has 1 aliphatic rings. The van der Waals surface area contributed by atoms with Crippen LogP contribution in [-0.2, 0) is 6.54 Å². The van der Waals surface area contributed by atoms with Crippen LogP contribution in [0.25, 0.3) is 16.8 Å². The van der Waals surface area contributed by atoms with Gasteiger partial charge in [-0.1, -0.05) is 22.0 Å². The molecule has 5 heteroatoms. The van der Waals surface area contributed by atoms with Crippen LogP contribution in [0.15, 0.2) is 53.7 Å². The second-order valence-corrected chi connectivity index (χ2v) is 6.00. The molecule has 0 aliphatic carbocycles. The number of fused-ring (bicyclic) bond motifs is 2. The number of imidazole rings is 1. The van der Waals surface area contributed by atoms with Gasteiger partial charge in [-0.3, -0.25) is 5.01 Å². The van der Waals surface area contributed by atoms with Gasteiger partial charge in [-0.15, -0.1) is 0 Å². The second kappa shape index (κ2) is 4.63. The van der Waals surface area contributed by atoms with E-state index >= 15 is 0 Å². The molecule has 1 aromatic heterocycles. The van der Waals surface area contributed by atoms with Crippen molar-refractivity contribution in [1.29, 1.82) is 0 Å². The van der Waals surface area contributed by atoms with Gasteiger partial charge >= 0.3 is 0 Å². The highest BCUT2D eigenvalue weighted by Gasteiger charge is 2.16. The third-order valence-electron chi connectivity index (χ3n) is 3.80. The zero-order valence-corrected chi connectivity index (χ0v) is 12.8. The van der Waals surface area contributed by atoms with Gasteiger partial charge in [0.25, 0.3) is 0 Å². The number of nitrogen functional groups attached to an aromatic ring is 1. The number of nitrogens with two attached hydrogens (primary N) is 1. The topological polar surface area (TPSA) is 47.1 Å². The van der Waals surface area contributed by atoms with Crippen LogP contribution < -0.4 is 10.7 Å². The van der Waals surface area contributed by atoms with Gasteiger partial charge in [-0.05, 0) is 35.2 Å². The van der Waals surface area contributed by atoms with Crippen LogP contribution in [0, 0.1) is 0 Å². The van der Waals surface area contributed by atoms with E-state index in [0.717, 1.165) is 33.0 Å². The van der Waals surface area contributed by atoms with Gasteiger partial charge in [0.05, 0.1) is 6.54 Å². The lowest BCUT2D eigenvalue weighted by Crippen LogP contribution is -2.29. The van der Waals surface area contributed by atoms with Crippen molar-refractivity contribution in [3.05, 3.63) is 64.8 Å². The highest BCUT2D eigenvalue weighted by molar-refractivity contribution is 9.10. The molecule has 2 N–H and O–H groups in total. The molecule has 104 valence electrons. The molecular formula is C16H13BrN4. The molecule has 21 heavy (non-hydrogen) atoms. The number of anilines is 1. The SMILES string of the molecule is Nc1c2c(cc3cc(Br)ccc13)CN(n1ccnc1)C=C2. The van der Waals surface area contributed by atoms with Crippen molar-refractivity contribution in [3.8, 4) is 0 Å². The molecule has 0 fully saturated rings. The van der Waals surface area contributed by atoms with Gasteiger partial charge in [0.2, 0.25) is 0 Å². The van der Waals surface area contributed by atoms with Crippen LogP contribution in [0.5, 0.6) is 0 Å². The first-order valence-electron chi connectivity index (χ1n) is 6.66. The Balaban J connectivity index is 1.87. The minimum Gasteiger partial charge on any atom is -0.398 e. The first-order chi connectivity index (χ1) is 10.2. The smallest absolute Gasteiger partial charge is 0.114 e. The maximum Gasteiger partial charge on any atom is 0.114 e. The van der Waals surface area contributed by atoms with Crippen molar-refractivity contribution < 1.29 is 0 Å². The average molecular weight is 341 g/mol. The highest BCUT2D eigenvalue weighted by atomic mass is 79.9. The highest BCUT2D eigenvalue weighted by Crippen LogP contribution is 2.33. The fourth-order valence-corrected chi connectivity index (χ4v) is 3.14. The summed E-state index contributed by atoms with van der Waals surface area (Å²) in [6, 6.07) is 8.39. The number of rotatable bonds is 1. The molecule has 0 unspecified atom stereocenters. The lowest BCUT2D eigenvalue weighted by molar-refractivity contribution is 0.676. The largest absolute Gasteiger partial charge is 0.398 e. The molecule has 1 aliphatic heterocycles. The molecule has 0 spiro atoms. The van der Waals surface area contributed by atoms with Crippen molar-refractivity contribution in [1.82, 2.24) is 9.66 Å². The van der Waals surface area contributed by atoms with Crippen molar-refractivity contribution in [2.75, 3.05) is 10.7 Å². The molecule has 4 rings (SSSR count). The second-order valence-electron chi connectivity index (χ2n) is 5.08. The molecule has 0 bridgehead atoms. The van der Waals surface area contributed by atoms with Gasteiger partial charge in [-0.2, -0.15) is 0 Å². The van der Waals surface area contributed by atoms with Crippen molar-refractivity contribution in [2.45, 2.75) is 6.54 Å². The average Bonchev–Trinajstić information content (AvgIpc) is 3.01. The van der Waals surface area contributed by atoms with Crippen molar-refractivity contribution in [3.63, 3.8) is 0 Å². The predicted octanol–water partition coefficient (Wildman–Crippen LogP) is 3.50. The fraction of sp³-hybridized carbons (Fsp3) is 0.0625. The minimum absolute atomic E-state index is 0.773. The molecule has 0 saturated carbocycles. The van der Waals surface area contributed by atoms with E-state index in [2.05, 4.69) is 50.2 Å². The third-order valence-corrected chi connectivity index (χ3v) is 4.30. The maximum absolute atomic E-state index is 6.35. The Labute approximate surface area is 130 Å². The number of hydrogen-bond acceptors (Lipinski definition) is 3. The Morgan fingerprint density at radius 1 is 1.24 bits per heavy atom. The van der Waals surface area contributed by atoms with E-state index in [4.69, 9.17) is 5.73 Å². The first-order valence-corrected chi connectivity index (χ1v) is 7.45. The van der Waals surface area contributed by atoms with E-state index in [-0.39, 0.29) is 0 Å². The summed E-state index contributed by atoms with van der Waals surface area (Å²) in [5.74, 6) is 0. The van der Waals surface area contributed by atoms with Crippen LogP contribution in [0.3, 0.4) is 0 Å². The van der Waals surface area contributed by atoms with Crippen LogP contribution in [0.4, 0.5) is 5.69 Å². The standard InChI is InChI=1S/C16H13BrN4/c17-13-1-2-14-11(8-13)7-12-9-20(21-6-4-19-10-21)5-3-15(12)16(14)18/h1-8,10H,9,18H2. The predicted molar refractivity (Wildman–Crippen MR) is 89.2 cm³/mol. The van der Waals surface area contributed by atoms with Crippen molar-refractivity contribution >= 4 is 38.5 Å². The molecule has 0 saturated heterocycles. The molecule has 2 aromatic carbocycles. The lowest BCUT2D eigenvalue weighted by Gasteiger charge is -2.27. The molecule has 4 nitrogen and oxygen atoms in total. The Morgan fingerprint density at radius 2 is 2.14 bits per heavy atom. The Hall–Kier alpha value is -2.27. The first kappa shape index (κ1) is 12.5. The number of aromatic nitrogens is 2. The summed E-state index contributed by atoms with van der Waals surface area (Å²) in [6.07, 6.45) is 9.59. The number of hydrogen-bond donors (Lipinski definition) is 1. The molecular weight excluding hydrogens is 328 g/mol. The molecule has 2 heterocycles. The third kappa shape index (κ3) is 2.01. The zero-order chi connectivity index (χ0) is 14.4. The summed E-state index contributed by atoms with van der Waals surface area (Å²) in [5.41, 5.74) is 9.52. The number of benzene rings is 2. The van der Waals surface area contributed by atoms with Gasteiger partial charge in [-0.25, -0.2) is 9.66 Å². The Morgan fingerprint density at radius 3 is 2.95 bits per heavy atom. The summed E-state index contributed by atoms with van der Waals surface area (Å²) in [6.45, 7) is 0.773. The van der Waals surface area contributed by atoms with Crippen LogP contribution in [-0.4, -0.2) is 9.66 Å². The Kier molecular flexibility index (Phi) is 2.75. The van der Waals surface area contributed by atoms with Crippen molar-refractivity contribution in [2.24, 2.45) is 0 Å². The van der Waals surface area contributed by atoms with Crippen LogP contribution in [0.1, 0.15) is 11.1 Å². The summed E-state index contributed by atoms with van der Waals surface area (Å²) in [5, 5.41) is 4.35. The summed E-state index contributed by atoms with van der Waals surface area (Å²) >= 11 is 3.52. The van der Waals surface area contributed by atoms with E-state index in [9.17, 15) is 0 Å². The van der Waals surface area contributed by atoms with E-state index in [0.29, 0.717) is 0 Å². The van der Waals surface area contributed by atoms with E-state index < -0.39 is 0 Å². The van der Waals surface area contributed by atoms with Gasteiger partial charge < -0.3 is 5.73 Å². The zero-order valence-electron chi connectivity index (χ0n) is 11.2. The van der Waals surface area contributed by atoms with Gasteiger partial charge in [0.1, 0.15) is 6.33 Å². The fourth-order valence-electron chi connectivity index (χ4n) is 2.76. The number of nitrogens with zero attached hydrogens (tertiary/aromatic N) is 3. The summed E-state index contributed by atoms with van der Waals surface area (Å²) in [4.78, 5) is 4.09. The maximum atomic E-state index is 6.35. The molecule has 0 amide bonds. The van der Waals surface area contributed by atoms with Crippen LogP contribution in [0.2, 0.25) is 0 Å². The Bertz CT molecular complexity index is 852. The number of halogens is 1. The summed E-state index contributed by atoms with van der Waals surface area (Å²) < 4.78 is 3.02. The molecule has 0 atom stereocenters. The van der Waals surface area contributed by atoms with E-state index in [1.807, 2.05) is 23.1 Å². The van der Waals surface area contributed by atoms with E-state index in [1.165, 1.54) is 5.56 Å². The monoisotopic (exact) mass is 340 g/mol. The normalized spacial score (nSPS) is 13.7. The van der Waals surface area contributed by atoms with E-state index in [1.54, 1.807) is 12.5 Å². The van der Waals surface area contributed by atoms with Gasteiger partial charge in [0, 0.05) is 39.7 Å². The molecule has 0 radical (unpaired) electrons. The van der Waals surface area contributed by atoms with Gasteiger partial charge in [0.15, 0.2) is 0 Å².